The Morgan fingerprint density at radius 1 is 1.10 bits per heavy atom. The number of ether oxygens (including phenoxy) is 1. The van der Waals surface area contributed by atoms with Gasteiger partial charge in [-0.1, -0.05) is 46.3 Å². The van der Waals surface area contributed by atoms with Crippen molar-refractivity contribution in [3.63, 3.8) is 0 Å². The largest absolute Gasteiger partial charge is 0.396 e. The molecule has 3 nitrogen and oxygen atoms in total. The third-order valence-electron chi connectivity index (χ3n) is 9.31. The third kappa shape index (κ3) is 4.51. The Balaban J connectivity index is 1.47. The van der Waals surface area contributed by atoms with Gasteiger partial charge in [-0.15, -0.1) is 0 Å². The third-order valence-corrected chi connectivity index (χ3v) is 10.2. The molecule has 0 heterocycles. The average molecular weight is 447 g/mol. The van der Waals surface area contributed by atoms with Gasteiger partial charge in [0.25, 0.3) is 0 Å². The first-order valence-corrected chi connectivity index (χ1v) is 15.7. The summed E-state index contributed by atoms with van der Waals surface area (Å²) in [6.45, 7) is 16.1. The molecule has 0 aromatic heterocycles. The Morgan fingerprint density at radius 2 is 1.77 bits per heavy atom. The number of allylic oxidation sites excluding steroid dienone is 1. The summed E-state index contributed by atoms with van der Waals surface area (Å²) in [6, 6.07) is 0. The van der Waals surface area contributed by atoms with E-state index in [2.05, 4.69) is 53.8 Å². The zero-order valence-corrected chi connectivity index (χ0v) is 22.3. The van der Waals surface area contributed by atoms with Crippen LogP contribution in [0.25, 0.3) is 0 Å². The highest BCUT2D eigenvalue weighted by atomic mass is 28.3. The molecule has 4 aliphatic rings. The van der Waals surface area contributed by atoms with E-state index in [9.17, 15) is 4.79 Å². The van der Waals surface area contributed by atoms with E-state index in [4.69, 9.17) is 9.16 Å². The molecule has 0 saturated heterocycles. The van der Waals surface area contributed by atoms with Crippen molar-refractivity contribution in [1.29, 1.82) is 0 Å². The van der Waals surface area contributed by atoms with Crippen LogP contribution in [0.15, 0.2) is 11.6 Å². The fourth-order valence-corrected chi connectivity index (χ4v) is 8.43. The highest BCUT2D eigenvalue weighted by Crippen LogP contribution is 2.64. The van der Waals surface area contributed by atoms with E-state index in [1.165, 1.54) is 19.3 Å². The number of rotatable bonds is 5. The van der Waals surface area contributed by atoms with Crippen molar-refractivity contribution in [1.82, 2.24) is 0 Å². The molecule has 0 spiro atoms. The van der Waals surface area contributed by atoms with Crippen molar-refractivity contribution in [2.24, 2.45) is 34.0 Å². The summed E-state index contributed by atoms with van der Waals surface area (Å²) in [4.78, 5) is 12.6. The van der Waals surface area contributed by atoms with Gasteiger partial charge in [-0.25, -0.2) is 0 Å². The highest BCUT2D eigenvalue weighted by Gasteiger charge is 2.58. The van der Waals surface area contributed by atoms with Gasteiger partial charge >= 0.3 is 0 Å². The predicted octanol–water partition coefficient (Wildman–Crippen LogP) is 6.67. The maximum absolute atomic E-state index is 12.6. The van der Waals surface area contributed by atoms with Crippen LogP contribution in [-0.2, 0) is 14.0 Å². The fourth-order valence-electron chi connectivity index (χ4n) is 7.66. The Labute approximate surface area is 192 Å². The van der Waals surface area contributed by atoms with Gasteiger partial charge in [0.1, 0.15) is 12.1 Å². The van der Waals surface area contributed by atoms with Crippen LogP contribution in [0.2, 0.25) is 13.1 Å². The van der Waals surface area contributed by atoms with Gasteiger partial charge in [-0.2, -0.15) is 0 Å². The lowest BCUT2D eigenvalue weighted by molar-refractivity contribution is -0.150. The van der Waals surface area contributed by atoms with Gasteiger partial charge in [0.2, 0.25) is 0 Å². The van der Waals surface area contributed by atoms with Crippen molar-refractivity contribution in [3.05, 3.63) is 11.6 Å². The maximum atomic E-state index is 12.6. The second kappa shape index (κ2) is 8.40. The molecule has 4 aliphatic carbocycles. The molecule has 0 bridgehead atoms. The van der Waals surface area contributed by atoms with Crippen molar-refractivity contribution >= 4 is 14.8 Å². The number of hydrogen-bond acceptors (Lipinski definition) is 3. The van der Waals surface area contributed by atoms with Crippen molar-refractivity contribution in [2.45, 2.75) is 118 Å². The van der Waals surface area contributed by atoms with Crippen LogP contribution in [-0.4, -0.2) is 27.2 Å². The van der Waals surface area contributed by atoms with Gasteiger partial charge in [0.05, 0.1) is 6.10 Å². The Hall–Kier alpha value is -0.453. The van der Waals surface area contributed by atoms with E-state index in [1.54, 1.807) is 5.57 Å². The molecule has 3 fully saturated rings. The lowest BCUT2D eigenvalue weighted by Gasteiger charge is -2.57. The summed E-state index contributed by atoms with van der Waals surface area (Å²) in [5, 5.41) is 0. The van der Waals surface area contributed by atoms with Crippen LogP contribution in [0.1, 0.15) is 92.4 Å². The first kappa shape index (κ1) is 23.7. The molecule has 176 valence electrons. The zero-order valence-electron chi connectivity index (χ0n) is 21.1. The van der Waals surface area contributed by atoms with Crippen LogP contribution in [0.4, 0.5) is 0 Å². The molecule has 0 amide bonds. The Bertz CT molecular complexity index is 722. The van der Waals surface area contributed by atoms with Gasteiger partial charge in [0, 0.05) is 18.3 Å². The van der Waals surface area contributed by atoms with Crippen LogP contribution >= 0.6 is 0 Å². The number of fused-ring (bicyclic) bond motifs is 5. The molecule has 0 aromatic carbocycles. The molecular weight excluding hydrogens is 400 g/mol. The number of carbonyl (C=O) groups excluding carboxylic acids is 1. The summed E-state index contributed by atoms with van der Waals surface area (Å²) in [5.74, 6) is 2.62. The summed E-state index contributed by atoms with van der Waals surface area (Å²) < 4.78 is 12.9. The molecule has 1 unspecified atom stereocenters. The van der Waals surface area contributed by atoms with Gasteiger partial charge in [-0.05, 0) is 86.6 Å². The second-order valence-corrected chi connectivity index (χ2v) is 15.4. The first-order chi connectivity index (χ1) is 14.4. The van der Waals surface area contributed by atoms with Gasteiger partial charge in [-0.3, -0.25) is 4.79 Å². The minimum Gasteiger partial charge on any atom is -0.396 e. The maximum Gasteiger partial charge on any atom is 0.174 e. The lowest BCUT2D eigenvalue weighted by Crippen LogP contribution is -2.50. The monoisotopic (exact) mass is 446 g/mol. The summed E-state index contributed by atoms with van der Waals surface area (Å²) >= 11 is 0. The standard InChI is InChI=1S/C27H46O3Si/c1-25(2,3)17-24(30-31(6)7)29-19-12-14-26(4)18(16-19)8-9-20-21-10-11-23(28)27(21,5)15-13-22(20)26/h8,19-22,24,31H,9-17H2,1-7H3/t19-,20-,21-,22-,24?,26-,27-/m0/s1. The summed E-state index contributed by atoms with van der Waals surface area (Å²) in [5.41, 5.74) is 2.14. The van der Waals surface area contributed by atoms with Crippen LogP contribution in [0.5, 0.6) is 0 Å². The van der Waals surface area contributed by atoms with E-state index in [-0.39, 0.29) is 23.2 Å². The van der Waals surface area contributed by atoms with Crippen LogP contribution in [0.3, 0.4) is 0 Å². The van der Waals surface area contributed by atoms with E-state index < -0.39 is 9.04 Å². The van der Waals surface area contributed by atoms with E-state index in [0.717, 1.165) is 44.4 Å². The molecule has 0 aliphatic heterocycles. The van der Waals surface area contributed by atoms with Crippen LogP contribution < -0.4 is 0 Å². The fraction of sp³-hybridized carbons (Fsp3) is 0.889. The number of Topliss-reactive ketones (excluding diaryl/α,β-unsaturated/α-hetero) is 1. The minimum atomic E-state index is -1.14. The molecule has 4 rings (SSSR count). The quantitative estimate of drug-likeness (QED) is 0.269. The van der Waals surface area contributed by atoms with E-state index in [0.29, 0.717) is 23.0 Å². The van der Waals surface area contributed by atoms with E-state index in [1.807, 2.05) is 0 Å². The van der Waals surface area contributed by atoms with Gasteiger partial charge < -0.3 is 9.16 Å². The smallest absolute Gasteiger partial charge is 0.174 e. The molecular formula is C27H46O3Si. The topological polar surface area (TPSA) is 35.5 Å². The normalized spacial score (nSPS) is 41.4. The highest BCUT2D eigenvalue weighted by molar-refractivity contribution is 6.48. The summed E-state index contributed by atoms with van der Waals surface area (Å²) in [7, 11) is -1.14. The van der Waals surface area contributed by atoms with Gasteiger partial charge in [0.15, 0.2) is 9.04 Å². The predicted molar refractivity (Wildman–Crippen MR) is 129 cm³/mol. The zero-order chi connectivity index (χ0) is 22.6. The molecule has 0 N–H and O–H groups in total. The van der Waals surface area contributed by atoms with Crippen LogP contribution in [0, 0.1) is 34.0 Å². The molecule has 7 atom stereocenters. The SMILES string of the molecule is C[SiH](C)OC(CC(C)(C)C)O[C@H]1CC[C@@]2(C)C(=CC[C@@H]3[C@@H]2CC[C@]2(C)C(=O)CC[C@@H]32)C1. The molecule has 31 heavy (non-hydrogen) atoms. The molecule has 4 heteroatoms. The first-order valence-electron chi connectivity index (χ1n) is 13.0. The van der Waals surface area contributed by atoms with E-state index >= 15 is 0 Å². The minimum absolute atomic E-state index is 0.0264. The lowest BCUT2D eigenvalue weighted by atomic mass is 9.48. The van der Waals surface area contributed by atoms with Crippen molar-refractivity contribution < 1.29 is 14.0 Å². The Morgan fingerprint density at radius 3 is 2.45 bits per heavy atom. The number of carbonyl (C=O) groups is 1. The second-order valence-electron chi connectivity index (χ2n) is 13.1. The summed E-state index contributed by atoms with van der Waals surface area (Å²) in [6.07, 6.45) is 12.7. The number of hydrogen-bond donors (Lipinski definition) is 0. The average Bonchev–Trinajstić information content (AvgIpc) is 2.95. The molecule has 3 saturated carbocycles. The number of ketones is 1. The van der Waals surface area contributed by atoms with Crippen molar-refractivity contribution in [3.8, 4) is 0 Å². The Kier molecular flexibility index (Phi) is 6.42. The van der Waals surface area contributed by atoms with Crippen molar-refractivity contribution in [2.75, 3.05) is 0 Å². The molecule has 0 aromatic rings. The molecule has 0 radical (unpaired) electrons.